The zero-order valence-corrected chi connectivity index (χ0v) is 15.0. The molecule has 1 aromatic heterocycles. The van der Waals surface area contributed by atoms with Crippen molar-refractivity contribution in [2.45, 2.75) is 20.3 Å². The molecule has 1 aliphatic heterocycles. The number of aromatic nitrogens is 1. The number of carbonyl (C=O) groups is 2. The molecule has 0 saturated carbocycles. The number of carboxylic acid groups (broad SMARTS) is 2. The summed E-state index contributed by atoms with van der Waals surface area (Å²) < 4.78 is 0. The number of nitrogens with zero attached hydrogens (tertiary/aromatic N) is 2. The molecule has 0 bridgehead atoms. The average molecular weight is 392 g/mol. The summed E-state index contributed by atoms with van der Waals surface area (Å²) in [6.45, 7) is 9.58. The second-order valence-corrected chi connectivity index (χ2v) is 4.77. The number of hydrogen-bond donors (Lipinski definition) is 0. The second kappa shape index (κ2) is 12.9. The first-order valence-corrected chi connectivity index (χ1v) is 7.05. The average Bonchev–Trinajstić information content (AvgIpc) is 2.55. The van der Waals surface area contributed by atoms with E-state index in [9.17, 15) is 0 Å². The maximum absolute atomic E-state index is 8.89. The maximum Gasteiger partial charge on any atom is 2.00 e. The summed E-state index contributed by atoms with van der Waals surface area (Å²) in [6.07, 6.45) is 10.3. The topological polar surface area (TPSA) is 106 Å². The van der Waals surface area contributed by atoms with Crippen LogP contribution in [0.4, 0.5) is 0 Å². The van der Waals surface area contributed by atoms with Gasteiger partial charge in [-0.1, -0.05) is 24.3 Å². The minimum Gasteiger partial charge on any atom is -0.550 e. The summed E-state index contributed by atoms with van der Waals surface area (Å²) in [4.78, 5) is 26.5. The zero-order valence-electron chi connectivity index (χ0n) is 14.1. The third-order valence-electron chi connectivity index (χ3n) is 2.78. The van der Waals surface area contributed by atoms with Gasteiger partial charge in [0.25, 0.3) is 0 Å². The Morgan fingerprint density at radius 1 is 1.16 bits per heavy atom. The van der Waals surface area contributed by atoms with E-state index in [1.54, 1.807) is 6.20 Å². The molecule has 0 aromatic carbocycles. The molecule has 1 aromatic rings. The summed E-state index contributed by atoms with van der Waals surface area (Å²) in [5.74, 6) is -2.17. The Hall–Kier alpha value is -2.50. The summed E-state index contributed by atoms with van der Waals surface area (Å²) in [7, 11) is 0. The van der Waals surface area contributed by atoms with Crippen molar-refractivity contribution in [2.24, 2.45) is 10.4 Å². The van der Waals surface area contributed by atoms with Crippen LogP contribution in [0.3, 0.4) is 0 Å². The number of carboxylic acids is 2. The largest absolute Gasteiger partial charge is 2.00 e. The first-order valence-electron chi connectivity index (χ1n) is 7.05. The van der Waals surface area contributed by atoms with Crippen molar-refractivity contribution in [2.75, 3.05) is 0 Å². The summed E-state index contributed by atoms with van der Waals surface area (Å²) in [6, 6.07) is 5.81. The molecule has 0 spiro atoms. The number of aliphatic carboxylic acids is 2. The smallest absolute Gasteiger partial charge is 0.550 e. The molecule has 7 heteroatoms. The van der Waals surface area contributed by atoms with Crippen molar-refractivity contribution in [3.05, 3.63) is 61.5 Å². The molecule has 0 unspecified atom stereocenters. The van der Waals surface area contributed by atoms with E-state index in [-0.39, 0.29) is 22.5 Å². The monoisotopic (exact) mass is 391 g/mol. The normalized spacial score (nSPS) is 13.3. The van der Waals surface area contributed by atoms with Crippen LogP contribution in [0.5, 0.6) is 0 Å². The Bertz CT molecular complexity index is 612. The van der Waals surface area contributed by atoms with Crippen LogP contribution in [0.25, 0.3) is 5.70 Å². The second-order valence-electron chi connectivity index (χ2n) is 4.77. The van der Waals surface area contributed by atoms with Gasteiger partial charge in [0.05, 0.1) is 11.4 Å². The number of hydrogen-bond acceptors (Lipinski definition) is 6. The Morgan fingerprint density at radius 3 is 2.00 bits per heavy atom. The molecule has 0 fully saturated rings. The fraction of sp³-hybridized carbons (Fsp3) is 0.222. The maximum atomic E-state index is 8.89. The first kappa shape index (κ1) is 24.7. The molecule has 0 saturated heterocycles. The molecule has 0 atom stereocenters. The van der Waals surface area contributed by atoms with E-state index in [1.165, 1.54) is 0 Å². The van der Waals surface area contributed by atoms with Gasteiger partial charge < -0.3 is 19.8 Å². The van der Waals surface area contributed by atoms with Crippen LogP contribution in [0, 0.1) is 5.41 Å². The van der Waals surface area contributed by atoms with Gasteiger partial charge in [-0.2, -0.15) is 0 Å². The van der Waals surface area contributed by atoms with Crippen molar-refractivity contribution >= 4 is 23.9 Å². The van der Waals surface area contributed by atoms with Crippen LogP contribution in [-0.4, -0.2) is 23.1 Å². The third-order valence-corrected chi connectivity index (χ3v) is 2.78. The summed E-state index contributed by atoms with van der Waals surface area (Å²) in [5.41, 5.74) is 1.62. The number of pyridine rings is 1. The Balaban J connectivity index is 0. The molecule has 1 radical (unpaired) electrons. The van der Waals surface area contributed by atoms with Crippen LogP contribution in [0.15, 0.2) is 60.8 Å². The van der Waals surface area contributed by atoms with E-state index in [4.69, 9.17) is 19.8 Å². The van der Waals surface area contributed by atoms with Crippen molar-refractivity contribution < 1.29 is 36.9 Å². The van der Waals surface area contributed by atoms with E-state index >= 15 is 0 Å². The molecular weight excluding hydrogens is 372 g/mol. The predicted molar refractivity (Wildman–Crippen MR) is 89.5 cm³/mol. The van der Waals surface area contributed by atoms with Crippen LogP contribution < -0.4 is 10.2 Å². The number of aliphatic imine (C=N–C) groups is 1. The van der Waals surface area contributed by atoms with Gasteiger partial charge in [-0.25, -0.2) is 0 Å². The van der Waals surface area contributed by atoms with Crippen LogP contribution in [0.2, 0.25) is 0 Å². The van der Waals surface area contributed by atoms with Crippen molar-refractivity contribution in [3.63, 3.8) is 0 Å². The van der Waals surface area contributed by atoms with Crippen molar-refractivity contribution in [1.29, 1.82) is 0 Å². The van der Waals surface area contributed by atoms with Gasteiger partial charge in [0.2, 0.25) is 0 Å². The van der Waals surface area contributed by atoms with Crippen molar-refractivity contribution in [1.82, 2.24) is 4.98 Å². The molecule has 25 heavy (non-hydrogen) atoms. The van der Waals surface area contributed by atoms with Gasteiger partial charge >= 0.3 is 17.1 Å². The Labute approximate surface area is 158 Å². The summed E-state index contributed by atoms with van der Waals surface area (Å²) >= 11 is 0. The minimum absolute atomic E-state index is 0. The molecular formula is C18H20CuN2O4. The van der Waals surface area contributed by atoms with Crippen LogP contribution >= 0.6 is 0 Å². The molecule has 0 amide bonds. The Morgan fingerprint density at radius 2 is 1.68 bits per heavy atom. The van der Waals surface area contributed by atoms with Gasteiger partial charge in [0, 0.05) is 29.8 Å². The minimum atomic E-state index is -1.08. The SMILES string of the molecule is C=CC1(C=C)C=NC(c2ccccn2)=CC1.CC(=O)[O-].CC(=O)[O-].[Cu+2]. The molecule has 6 nitrogen and oxygen atoms in total. The first-order chi connectivity index (χ1) is 11.3. The molecule has 2 heterocycles. The fourth-order valence-electron chi connectivity index (χ4n) is 1.61. The van der Waals surface area contributed by atoms with Gasteiger partial charge in [0.1, 0.15) is 0 Å². The Kier molecular flexibility index (Phi) is 12.7. The summed E-state index contributed by atoms with van der Waals surface area (Å²) in [5, 5.41) is 17.8. The fourth-order valence-corrected chi connectivity index (χ4v) is 1.61. The number of carbonyl (C=O) groups excluding carboxylic acids is 2. The van der Waals surface area contributed by atoms with E-state index in [0.717, 1.165) is 31.7 Å². The van der Waals surface area contributed by atoms with E-state index in [1.807, 2.05) is 36.6 Å². The van der Waals surface area contributed by atoms with Crippen LogP contribution in [0.1, 0.15) is 26.0 Å². The molecule has 0 aliphatic carbocycles. The third kappa shape index (κ3) is 10.8. The van der Waals surface area contributed by atoms with E-state index in [0.29, 0.717) is 0 Å². The number of rotatable bonds is 3. The van der Waals surface area contributed by atoms with E-state index < -0.39 is 11.9 Å². The van der Waals surface area contributed by atoms with Gasteiger partial charge in [-0.15, -0.1) is 13.2 Å². The molecule has 0 N–H and O–H groups in total. The quantitative estimate of drug-likeness (QED) is 0.558. The molecule has 137 valence electrons. The number of allylic oxidation sites excluding steroid dienone is 3. The van der Waals surface area contributed by atoms with Gasteiger partial charge in [-0.05, 0) is 32.4 Å². The zero-order chi connectivity index (χ0) is 18.6. The molecule has 2 rings (SSSR count). The van der Waals surface area contributed by atoms with E-state index in [2.05, 4.69) is 29.2 Å². The van der Waals surface area contributed by atoms with Crippen molar-refractivity contribution in [3.8, 4) is 0 Å². The molecule has 1 aliphatic rings. The predicted octanol–water partition coefficient (Wildman–Crippen LogP) is 0.765. The standard InChI is InChI=1S/C14H14N2.2C2H4O2.Cu/c1-3-14(4-2)9-8-13(16-11-14)12-7-5-6-10-15-12;2*1-2(3)4;/h3-8,10-11H,1-2,9H2;2*1H3,(H,3,4);/q;;;+2/p-2. The van der Waals surface area contributed by atoms with Gasteiger partial charge in [-0.3, -0.25) is 9.98 Å². The van der Waals surface area contributed by atoms with Crippen LogP contribution in [-0.2, 0) is 26.7 Å². The van der Waals surface area contributed by atoms with Gasteiger partial charge in [0.15, 0.2) is 0 Å².